The fourth-order valence-corrected chi connectivity index (χ4v) is 7.63. The highest BCUT2D eigenvalue weighted by Gasteiger charge is 2.68. The minimum atomic E-state index is -0.449. The number of hydrogen-bond donors (Lipinski definition) is 3. The van der Waals surface area contributed by atoms with E-state index in [1.807, 2.05) is 0 Å². The molecule has 3 N–H and O–H groups in total. The Morgan fingerprint density at radius 2 is 1.87 bits per heavy atom. The topological polar surface area (TPSA) is 60.7 Å². The lowest BCUT2D eigenvalue weighted by Crippen LogP contribution is -2.60. The maximum atomic E-state index is 11.0. The van der Waals surface area contributed by atoms with E-state index in [-0.39, 0.29) is 34.9 Å². The van der Waals surface area contributed by atoms with Crippen molar-refractivity contribution >= 4 is 0 Å². The third kappa shape index (κ3) is 1.82. The Morgan fingerprint density at radius 1 is 1.13 bits per heavy atom. The van der Waals surface area contributed by atoms with Crippen molar-refractivity contribution in [2.75, 3.05) is 6.61 Å². The first-order chi connectivity index (χ1) is 10.8. The van der Waals surface area contributed by atoms with E-state index >= 15 is 0 Å². The van der Waals surface area contributed by atoms with Crippen LogP contribution in [0.25, 0.3) is 0 Å². The zero-order valence-corrected chi connectivity index (χ0v) is 14.6. The molecule has 0 aromatic carbocycles. The average molecular weight is 320 g/mol. The van der Waals surface area contributed by atoms with Gasteiger partial charge in [0.15, 0.2) is 0 Å². The van der Waals surface area contributed by atoms with Gasteiger partial charge in [-0.05, 0) is 66.8 Å². The Kier molecular flexibility index (Phi) is 3.38. The Balaban J connectivity index is 1.78. The van der Waals surface area contributed by atoms with Crippen molar-refractivity contribution in [3.63, 3.8) is 0 Å². The molecule has 4 fully saturated rings. The van der Waals surface area contributed by atoms with E-state index in [2.05, 4.69) is 20.4 Å². The molecule has 23 heavy (non-hydrogen) atoms. The smallest absolute Gasteiger partial charge is 0.0810 e. The van der Waals surface area contributed by atoms with Crippen molar-refractivity contribution in [1.82, 2.24) is 0 Å². The highest BCUT2D eigenvalue weighted by molar-refractivity contribution is 5.29. The molecule has 4 saturated carbocycles. The summed E-state index contributed by atoms with van der Waals surface area (Å²) in [6.45, 7) is 9.03. The summed E-state index contributed by atoms with van der Waals surface area (Å²) in [5.74, 6) is 0.934. The van der Waals surface area contributed by atoms with Crippen molar-refractivity contribution in [2.45, 2.75) is 71.0 Å². The van der Waals surface area contributed by atoms with Gasteiger partial charge in [0.2, 0.25) is 0 Å². The van der Waals surface area contributed by atoms with Crippen molar-refractivity contribution in [3.05, 3.63) is 12.2 Å². The van der Waals surface area contributed by atoms with Crippen LogP contribution in [0.1, 0.15) is 58.8 Å². The molecule has 4 rings (SSSR count). The second-order valence-corrected chi connectivity index (χ2v) is 9.64. The Labute approximate surface area is 139 Å². The van der Waals surface area contributed by atoms with Crippen LogP contribution in [0.3, 0.4) is 0 Å². The number of aliphatic hydroxyl groups excluding tert-OH is 3. The quantitative estimate of drug-likeness (QED) is 0.651. The van der Waals surface area contributed by atoms with E-state index in [1.54, 1.807) is 0 Å². The number of fused-ring (bicyclic) bond motifs is 3. The van der Waals surface area contributed by atoms with Crippen LogP contribution in [0.15, 0.2) is 12.2 Å². The zero-order valence-electron chi connectivity index (χ0n) is 14.6. The van der Waals surface area contributed by atoms with Gasteiger partial charge in [0, 0.05) is 17.9 Å². The van der Waals surface area contributed by atoms with Crippen LogP contribution in [0.5, 0.6) is 0 Å². The lowest BCUT2D eigenvalue weighted by atomic mass is 9.40. The lowest BCUT2D eigenvalue weighted by molar-refractivity contribution is -0.190. The van der Waals surface area contributed by atoms with Crippen LogP contribution in [0, 0.1) is 34.0 Å². The van der Waals surface area contributed by atoms with Crippen LogP contribution >= 0.6 is 0 Å². The van der Waals surface area contributed by atoms with Gasteiger partial charge in [-0.2, -0.15) is 0 Å². The van der Waals surface area contributed by atoms with E-state index in [0.717, 1.165) is 50.5 Å². The minimum Gasteiger partial charge on any atom is -0.396 e. The third-order valence-electron chi connectivity index (χ3n) is 8.76. The summed E-state index contributed by atoms with van der Waals surface area (Å²) in [7, 11) is 0. The molecule has 8 unspecified atom stereocenters. The molecule has 0 radical (unpaired) electrons. The van der Waals surface area contributed by atoms with E-state index in [0.29, 0.717) is 11.8 Å². The number of rotatable bonds is 1. The highest BCUT2D eigenvalue weighted by Crippen LogP contribution is 2.71. The molecule has 0 heterocycles. The molecular weight excluding hydrogens is 288 g/mol. The molecule has 0 aromatic heterocycles. The molecule has 4 aliphatic rings. The number of hydrogen-bond acceptors (Lipinski definition) is 3. The van der Waals surface area contributed by atoms with Gasteiger partial charge in [0.05, 0.1) is 12.2 Å². The van der Waals surface area contributed by atoms with Gasteiger partial charge in [-0.15, -0.1) is 0 Å². The summed E-state index contributed by atoms with van der Waals surface area (Å²) in [5.41, 5.74) is 0.922. The molecule has 130 valence electrons. The molecule has 2 bridgehead atoms. The summed E-state index contributed by atoms with van der Waals surface area (Å²) in [5, 5.41) is 31.8. The average Bonchev–Trinajstić information content (AvgIpc) is 2.73. The molecule has 4 aliphatic carbocycles. The zero-order chi connectivity index (χ0) is 16.6. The summed E-state index contributed by atoms with van der Waals surface area (Å²) in [6, 6.07) is 0. The van der Waals surface area contributed by atoms with Crippen molar-refractivity contribution in [2.24, 2.45) is 34.0 Å². The molecule has 3 heteroatoms. The van der Waals surface area contributed by atoms with Crippen LogP contribution in [0.4, 0.5) is 0 Å². The monoisotopic (exact) mass is 320 g/mol. The van der Waals surface area contributed by atoms with E-state index in [9.17, 15) is 15.3 Å². The highest BCUT2D eigenvalue weighted by atomic mass is 16.3. The van der Waals surface area contributed by atoms with Crippen LogP contribution in [-0.4, -0.2) is 34.1 Å². The molecule has 0 saturated heterocycles. The van der Waals surface area contributed by atoms with Gasteiger partial charge in [-0.3, -0.25) is 0 Å². The second kappa shape index (κ2) is 4.83. The molecule has 0 aliphatic heterocycles. The largest absolute Gasteiger partial charge is 0.396 e. The molecule has 0 aromatic rings. The van der Waals surface area contributed by atoms with Gasteiger partial charge in [0.1, 0.15) is 0 Å². The van der Waals surface area contributed by atoms with E-state index in [1.165, 1.54) is 0 Å². The molecule has 1 spiro atoms. The maximum absolute atomic E-state index is 11.0. The van der Waals surface area contributed by atoms with Gasteiger partial charge in [-0.25, -0.2) is 0 Å². The Morgan fingerprint density at radius 3 is 2.57 bits per heavy atom. The maximum Gasteiger partial charge on any atom is 0.0810 e. The van der Waals surface area contributed by atoms with Crippen LogP contribution in [0.2, 0.25) is 0 Å². The van der Waals surface area contributed by atoms with Gasteiger partial charge in [0.25, 0.3) is 0 Å². The van der Waals surface area contributed by atoms with Crippen molar-refractivity contribution in [3.8, 4) is 0 Å². The fourth-order valence-electron chi connectivity index (χ4n) is 7.63. The molecule has 0 amide bonds. The number of aliphatic hydroxyl groups is 3. The van der Waals surface area contributed by atoms with Crippen molar-refractivity contribution < 1.29 is 15.3 Å². The summed E-state index contributed by atoms with van der Waals surface area (Å²) in [6.07, 6.45) is 6.44. The van der Waals surface area contributed by atoms with Crippen LogP contribution in [-0.2, 0) is 0 Å². The predicted molar refractivity (Wildman–Crippen MR) is 89.7 cm³/mol. The summed E-state index contributed by atoms with van der Waals surface area (Å²) in [4.78, 5) is 0. The van der Waals surface area contributed by atoms with Crippen LogP contribution < -0.4 is 0 Å². The lowest BCUT2D eigenvalue weighted by Gasteiger charge is -2.64. The standard InChI is InChI=1S/C20H32O3/c1-12-13-10-20(17(12)23)8-5-15-18(2,11-21)6-4-7-19(15,3)16(20)9-14(13)22/h13-17,21-23H,1,4-11H2,2-3H3. The van der Waals surface area contributed by atoms with Gasteiger partial charge < -0.3 is 15.3 Å². The normalized spacial score (nSPS) is 58.7. The summed E-state index contributed by atoms with van der Waals surface area (Å²) >= 11 is 0. The van der Waals surface area contributed by atoms with Gasteiger partial charge in [-0.1, -0.05) is 26.8 Å². The molecule has 8 atom stereocenters. The summed E-state index contributed by atoms with van der Waals surface area (Å²) < 4.78 is 0. The second-order valence-electron chi connectivity index (χ2n) is 9.64. The minimum absolute atomic E-state index is 0.00300. The first-order valence-corrected chi connectivity index (χ1v) is 9.44. The fraction of sp³-hybridized carbons (Fsp3) is 0.900. The van der Waals surface area contributed by atoms with E-state index in [4.69, 9.17) is 0 Å². The molecule has 3 nitrogen and oxygen atoms in total. The Hall–Kier alpha value is -0.380. The van der Waals surface area contributed by atoms with E-state index < -0.39 is 6.10 Å². The predicted octanol–water partition coefficient (Wildman–Crippen LogP) is 2.89. The Bertz CT molecular complexity index is 531. The first kappa shape index (κ1) is 16.1. The first-order valence-electron chi connectivity index (χ1n) is 9.44. The third-order valence-corrected chi connectivity index (χ3v) is 8.76. The SMILES string of the molecule is C=C1C2CC3(CCC4C(C)(CO)CCCC4(C)C3CC2O)C1O. The molecular formula is C20H32O3. The van der Waals surface area contributed by atoms with Crippen molar-refractivity contribution in [1.29, 1.82) is 0 Å². The van der Waals surface area contributed by atoms with Gasteiger partial charge >= 0.3 is 0 Å².